The largest absolute Gasteiger partial charge is 0.330 e. The van der Waals surface area contributed by atoms with E-state index in [-0.39, 0.29) is 11.3 Å². The summed E-state index contributed by atoms with van der Waals surface area (Å²) in [6.07, 6.45) is 2.09. The molecule has 0 aliphatic rings. The van der Waals surface area contributed by atoms with Crippen LogP contribution in [-0.2, 0) is 4.79 Å². The molecule has 3 N–H and O–H groups in total. The molecule has 1 amide bonds. The molecule has 1 rings (SSSR count). The molecule has 0 heterocycles. The first-order chi connectivity index (χ1) is 9.38. The maximum Gasteiger partial charge on any atom is 0.224 e. The Balaban J connectivity index is 2.62. The Bertz CT molecular complexity index is 520. The molecule has 0 spiro atoms. The van der Waals surface area contributed by atoms with Crippen LogP contribution in [0.15, 0.2) is 22.7 Å². The normalized spacial score (nSPS) is 10.9. The maximum absolute atomic E-state index is 12.0. The van der Waals surface area contributed by atoms with Gasteiger partial charge in [0.2, 0.25) is 5.91 Å². The molecule has 1 aromatic rings. The van der Waals surface area contributed by atoms with Crippen molar-refractivity contribution in [2.24, 2.45) is 11.1 Å². The first-order valence-corrected chi connectivity index (χ1v) is 7.37. The lowest BCUT2D eigenvalue weighted by Crippen LogP contribution is -2.20. The number of nitriles is 1. The van der Waals surface area contributed by atoms with E-state index < -0.39 is 0 Å². The fourth-order valence-electron chi connectivity index (χ4n) is 1.90. The average Bonchev–Trinajstić information content (AvgIpc) is 2.38. The minimum absolute atomic E-state index is 0.0594. The molecule has 0 atom stereocenters. The van der Waals surface area contributed by atoms with Gasteiger partial charge in [0.15, 0.2) is 0 Å². The van der Waals surface area contributed by atoms with Crippen LogP contribution < -0.4 is 11.1 Å². The van der Waals surface area contributed by atoms with Gasteiger partial charge in [-0.15, -0.1) is 0 Å². The van der Waals surface area contributed by atoms with Gasteiger partial charge in [-0.2, -0.15) is 5.26 Å². The zero-order valence-electron chi connectivity index (χ0n) is 11.9. The van der Waals surface area contributed by atoms with Crippen molar-refractivity contribution in [1.29, 1.82) is 5.26 Å². The van der Waals surface area contributed by atoms with Crippen LogP contribution in [0.5, 0.6) is 0 Å². The zero-order valence-corrected chi connectivity index (χ0v) is 13.5. The van der Waals surface area contributed by atoms with Gasteiger partial charge in [0.1, 0.15) is 6.07 Å². The second kappa shape index (κ2) is 7.41. The highest BCUT2D eigenvalue weighted by Crippen LogP contribution is 2.26. The van der Waals surface area contributed by atoms with Crippen LogP contribution in [0.2, 0.25) is 0 Å². The molecule has 0 fully saturated rings. The van der Waals surface area contributed by atoms with Crippen LogP contribution >= 0.6 is 15.9 Å². The summed E-state index contributed by atoms with van der Waals surface area (Å²) >= 11 is 3.30. The average molecular weight is 338 g/mol. The summed E-state index contributed by atoms with van der Waals surface area (Å²) in [5.74, 6) is -0.0751. The van der Waals surface area contributed by atoms with E-state index in [0.29, 0.717) is 24.2 Å². The van der Waals surface area contributed by atoms with E-state index >= 15 is 0 Å². The Labute approximate surface area is 128 Å². The summed E-state index contributed by atoms with van der Waals surface area (Å²) in [6.45, 7) is 4.83. The third-order valence-electron chi connectivity index (χ3n) is 3.23. The van der Waals surface area contributed by atoms with Gasteiger partial charge in [-0.3, -0.25) is 4.79 Å². The Hall–Kier alpha value is -1.38. The van der Waals surface area contributed by atoms with Crippen LogP contribution in [0.25, 0.3) is 0 Å². The van der Waals surface area contributed by atoms with Crippen LogP contribution in [-0.4, -0.2) is 12.5 Å². The zero-order chi connectivity index (χ0) is 15.2. The van der Waals surface area contributed by atoms with Crippen molar-refractivity contribution in [1.82, 2.24) is 0 Å². The predicted molar refractivity (Wildman–Crippen MR) is 84.2 cm³/mol. The topological polar surface area (TPSA) is 78.9 Å². The van der Waals surface area contributed by atoms with Crippen molar-refractivity contribution in [2.75, 3.05) is 11.9 Å². The number of halogens is 1. The van der Waals surface area contributed by atoms with E-state index in [2.05, 4.69) is 41.2 Å². The molecule has 0 saturated heterocycles. The highest BCUT2D eigenvalue weighted by molar-refractivity contribution is 9.10. The molecule has 0 aromatic heterocycles. The van der Waals surface area contributed by atoms with E-state index in [0.717, 1.165) is 17.3 Å². The van der Waals surface area contributed by atoms with Crippen LogP contribution in [0.4, 0.5) is 5.69 Å². The molecule has 4 nitrogen and oxygen atoms in total. The molecule has 0 saturated carbocycles. The van der Waals surface area contributed by atoms with E-state index in [9.17, 15) is 4.79 Å². The summed E-state index contributed by atoms with van der Waals surface area (Å²) in [7, 11) is 0. The summed E-state index contributed by atoms with van der Waals surface area (Å²) in [4.78, 5) is 12.0. The number of nitrogens with two attached hydrogens (primary N) is 1. The van der Waals surface area contributed by atoms with Crippen LogP contribution in [0.3, 0.4) is 0 Å². The van der Waals surface area contributed by atoms with E-state index in [1.807, 2.05) is 0 Å². The molecule has 0 aliphatic heterocycles. The molecular formula is C15H20BrN3O. The van der Waals surface area contributed by atoms with E-state index in [4.69, 9.17) is 11.0 Å². The summed E-state index contributed by atoms with van der Waals surface area (Å²) < 4.78 is 0.816. The number of carbonyl (C=O) groups is 1. The molecule has 0 bridgehead atoms. The summed E-state index contributed by atoms with van der Waals surface area (Å²) in [5.41, 5.74) is 6.62. The number of anilines is 1. The van der Waals surface area contributed by atoms with Gasteiger partial charge < -0.3 is 11.1 Å². The third kappa shape index (κ3) is 5.32. The third-order valence-corrected chi connectivity index (χ3v) is 3.72. The van der Waals surface area contributed by atoms with Gasteiger partial charge in [-0.1, -0.05) is 29.8 Å². The van der Waals surface area contributed by atoms with Gasteiger partial charge >= 0.3 is 0 Å². The highest BCUT2D eigenvalue weighted by atomic mass is 79.9. The van der Waals surface area contributed by atoms with Crippen molar-refractivity contribution >= 4 is 27.5 Å². The first-order valence-electron chi connectivity index (χ1n) is 6.57. The summed E-state index contributed by atoms with van der Waals surface area (Å²) in [6, 6.07) is 7.29. The number of benzene rings is 1. The van der Waals surface area contributed by atoms with E-state index in [1.54, 1.807) is 18.2 Å². The Morgan fingerprint density at radius 3 is 2.75 bits per heavy atom. The number of hydrogen-bond acceptors (Lipinski definition) is 3. The van der Waals surface area contributed by atoms with Gasteiger partial charge in [0.05, 0.1) is 11.3 Å². The Morgan fingerprint density at radius 1 is 1.45 bits per heavy atom. The number of hydrogen-bond donors (Lipinski definition) is 2. The summed E-state index contributed by atoms with van der Waals surface area (Å²) in [5, 5.41) is 11.8. The van der Waals surface area contributed by atoms with E-state index in [1.165, 1.54) is 0 Å². The molecule has 0 radical (unpaired) electrons. The van der Waals surface area contributed by atoms with Crippen molar-refractivity contribution in [3.63, 3.8) is 0 Å². The molecule has 5 heteroatoms. The molecule has 108 valence electrons. The van der Waals surface area contributed by atoms with Gasteiger partial charge in [0, 0.05) is 10.9 Å². The smallest absolute Gasteiger partial charge is 0.224 e. The Morgan fingerprint density at radius 2 is 2.15 bits per heavy atom. The minimum atomic E-state index is -0.0751. The highest BCUT2D eigenvalue weighted by Gasteiger charge is 2.18. The number of rotatable bonds is 6. The Kier molecular flexibility index (Phi) is 6.18. The molecular weight excluding hydrogens is 318 g/mol. The molecule has 0 unspecified atom stereocenters. The predicted octanol–water partition coefficient (Wildman–Crippen LogP) is 3.41. The second-order valence-corrected chi connectivity index (χ2v) is 6.47. The van der Waals surface area contributed by atoms with Gasteiger partial charge in [-0.25, -0.2) is 0 Å². The number of nitrogens with one attached hydrogen (secondary N) is 1. The minimum Gasteiger partial charge on any atom is -0.330 e. The quantitative estimate of drug-likeness (QED) is 0.834. The SMILES string of the molecule is CC(C)(CCN)CCC(=O)Nc1ccc(Br)cc1C#N. The molecule has 0 aliphatic carbocycles. The lowest BCUT2D eigenvalue weighted by Gasteiger charge is -2.23. The fourth-order valence-corrected chi connectivity index (χ4v) is 2.26. The van der Waals surface area contributed by atoms with Crippen LogP contribution in [0, 0.1) is 16.7 Å². The monoisotopic (exact) mass is 337 g/mol. The van der Waals surface area contributed by atoms with Gasteiger partial charge in [0.25, 0.3) is 0 Å². The van der Waals surface area contributed by atoms with Crippen molar-refractivity contribution in [3.8, 4) is 6.07 Å². The first kappa shape index (κ1) is 16.7. The number of carbonyl (C=O) groups excluding carboxylic acids is 1. The number of amides is 1. The van der Waals surface area contributed by atoms with Crippen molar-refractivity contribution < 1.29 is 4.79 Å². The van der Waals surface area contributed by atoms with Crippen LogP contribution in [0.1, 0.15) is 38.7 Å². The number of nitrogens with zero attached hydrogens (tertiary/aromatic N) is 1. The lowest BCUT2D eigenvalue weighted by molar-refractivity contribution is -0.116. The standard InChI is InChI=1S/C15H20BrN3O/c1-15(2,7-8-17)6-5-14(20)19-13-4-3-12(16)9-11(13)10-18/h3-4,9H,5-8,17H2,1-2H3,(H,19,20). The van der Waals surface area contributed by atoms with Crippen molar-refractivity contribution in [3.05, 3.63) is 28.2 Å². The maximum atomic E-state index is 12.0. The fraction of sp³-hybridized carbons (Fsp3) is 0.467. The lowest BCUT2D eigenvalue weighted by atomic mass is 9.84. The molecule has 20 heavy (non-hydrogen) atoms. The second-order valence-electron chi connectivity index (χ2n) is 5.55. The van der Waals surface area contributed by atoms with Gasteiger partial charge in [-0.05, 0) is 43.0 Å². The molecule has 1 aromatic carbocycles. The van der Waals surface area contributed by atoms with Crippen molar-refractivity contribution in [2.45, 2.75) is 33.1 Å².